The number of aliphatic hydroxyl groups excluding tert-OH is 1. The Morgan fingerprint density at radius 1 is 1.38 bits per heavy atom. The molecular formula is C15H21FO3S2. The summed E-state index contributed by atoms with van der Waals surface area (Å²) in [6.07, 6.45) is 3.52. The Hall–Kier alpha value is -0.590. The quantitative estimate of drug-likeness (QED) is 0.843. The Morgan fingerprint density at radius 3 is 2.76 bits per heavy atom. The van der Waals surface area contributed by atoms with Crippen molar-refractivity contribution in [3.05, 3.63) is 30.1 Å². The molecule has 1 N–H and O–H groups in total. The van der Waals surface area contributed by atoms with E-state index in [2.05, 4.69) is 0 Å². The van der Waals surface area contributed by atoms with E-state index in [1.807, 2.05) is 0 Å². The molecule has 0 aliphatic heterocycles. The van der Waals surface area contributed by atoms with Gasteiger partial charge in [0.15, 0.2) is 0 Å². The number of aliphatic hydroxyl groups is 1. The molecular weight excluding hydrogens is 311 g/mol. The second-order valence-corrected chi connectivity index (χ2v) is 9.07. The molecule has 1 aromatic rings. The van der Waals surface area contributed by atoms with Gasteiger partial charge < -0.3 is 5.11 Å². The van der Waals surface area contributed by atoms with Gasteiger partial charge in [-0.05, 0) is 37.3 Å². The number of thioether (sulfide) groups is 1. The van der Waals surface area contributed by atoms with Crippen LogP contribution in [0.25, 0.3) is 0 Å². The maximum Gasteiger partial charge on any atom is 0.150 e. The van der Waals surface area contributed by atoms with Gasteiger partial charge in [-0.2, -0.15) is 0 Å². The van der Waals surface area contributed by atoms with E-state index in [0.717, 1.165) is 12.8 Å². The second-order valence-electron chi connectivity index (χ2n) is 5.69. The van der Waals surface area contributed by atoms with Crippen molar-refractivity contribution in [2.24, 2.45) is 5.92 Å². The van der Waals surface area contributed by atoms with E-state index in [9.17, 15) is 17.9 Å². The number of hydrogen-bond acceptors (Lipinski definition) is 4. The lowest BCUT2D eigenvalue weighted by Crippen LogP contribution is -2.34. The van der Waals surface area contributed by atoms with Crippen LogP contribution in [-0.4, -0.2) is 36.9 Å². The maximum atomic E-state index is 13.5. The molecule has 0 amide bonds. The summed E-state index contributed by atoms with van der Waals surface area (Å²) in [5, 5.41) is 9.93. The van der Waals surface area contributed by atoms with E-state index in [1.165, 1.54) is 24.1 Å². The first-order valence-electron chi connectivity index (χ1n) is 7.12. The molecule has 21 heavy (non-hydrogen) atoms. The van der Waals surface area contributed by atoms with Gasteiger partial charge in [-0.1, -0.05) is 18.6 Å². The van der Waals surface area contributed by atoms with Crippen molar-refractivity contribution in [1.82, 2.24) is 0 Å². The molecule has 3 atom stereocenters. The normalized spacial score (nSPS) is 24.7. The van der Waals surface area contributed by atoms with Crippen molar-refractivity contribution in [3.63, 3.8) is 0 Å². The van der Waals surface area contributed by atoms with Crippen LogP contribution in [-0.2, 0) is 9.84 Å². The van der Waals surface area contributed by atoms with Crippen molar-refractivity contribution in [1.29, 1.82) is 0 Å². The summed E-state index contributed by atoms with van der Waals surface area (Å²) in [4.78, 5) is 0.520. The highest BCUT2D eigenvalue weighted by atomic mass is 32.2. The molecule has 0 aromatic heterocycles. The van der Waals surface area contributed by atoms with Crippen molar-refractivity contribution >= 4 is 21.6 Å². The molecule has 118 valence electrons. The third-order valence-electron chi connectivity index (χ3n) is 4.06. The van der Waals surface area contributed by atoms with Crippen LogP contribution in [0.5, 0.6) is 0 Å². The van der Waals surface area contributed by atoms with Crippen LogP contribution in [0, 0.1) is 11.7 Å². The zero-order chi connectivity index (χ0) is 15.5. The molecule has 0 bridgehead atoms. The monoisotopic (exact) mass is 332 g/mol. The summed E-state index contributed by atoms with van der Waals surface area (Å²) in [5.74, 6) is 0.0901. The number of halogens is 1. The topological polar surface area (TPSA) is 54.4 Å². The summed E-state index contributed by atoms with van der Waals surface area (Å²) in [7, 11) is -3.04. The van der Waals surface area contributed by atoms with Crippen LogP contribution in [0.2, 0.25) is 0 Å². The Bertz CT molecular complexity index is 574. The SMILES string of the molecule is CS(=O)(=O)C1CCCC(C(O)CSc2ccccc2F)C1. The Balaban J connectivity index is 1.91. The second kappa shape index (κ2) is 7.11. The molecule has 1 saturated carbocycles. The van der Waals surface area contributed by atoms with Gasteiger partial charge in [-0.15, -0.1) is 11.8 Å². The molecule has 0 radical (unpaired) electrons. The van der Waals surface area contributed by atoms with E-state index in [0.29, 0.717) is 23.5 Å². The largest absolute Gasteiger partial charge is 0.392 e. The summed E-state index contributed by atoms with van der Waals surface area (Å²) >= 11 is 1.28. The van der Waals surface area contributed by atoms with Gasteiger partial charge in [-0.25, -0.2) is 12.8 Å². The van der Waals surface area contributed by atoms with Gasteiger partial charge in [0.1, 0.15) is 15.7 Å². The molecule has 1 aromatic carbocycles. The summed E-state index contributed by atoms with van der Waals surface area (Å²) in [6, 6.07) is 6.48. The molecule has 3 unspecified atom stereocenters. The van der Waals surface area contributed by atoms with Crippen LogP contribution in [0.3, 0.4) is 0 Å². The summed E-state index contributed by atoms with van der Waals surface area (Å²) in [5.41, 5.74) is 0. The third kappa shape index (κ3) is 4.69. The van der Waals surface area contributed by atoms with Crippen molar-refractivity contribution in [2.45, 2.75) is 41.9 Å². The molecule has 2 rings (SSSR count). The Kier molecular flexibility index (Phi) is 5.68. The maximum absolute atomic E-state index is 13.5. The van der Waals surface area contributed by atoms with Crippen molar-refractivity contribution in [3.8, 4) is 0 Å². The first kappa shape index (κ1) is 16.8. The number of sulfone groups is 1. The van der Waals surface area contributed by atoms with Crippen molar-refractivity contribution in [2.75, 3.05) is 12.0 Å². The van der Waals surface area contributed by atoms with Crippen molar-refractivity contribution < 1.29 is 17.9 Å². The van der Waals surface area contributed by atoms with E-state index in [1.54, 1.807) is 18.2 Å². The van der Waals surface area contributed by atoms with Gasteiger partial charge in [0.2, 0.25) is 0 Å². The average molecular weight is 332 g/mol. The predicted molar refractivity (Wildman–Crippen MR) is 83.7 cm³/mol. The lowest BCUT2D eigenvalue weighted by molar-refractivity contribution is 0.106. The van der Waals surface area contributed by atoms with E-state index >= 15 is 0 Å². The molecule has 0 saturated heterocycles. The van der Waals surface area contributed by atoms with E-state index in [4.69, 9.17) is 0 Å². The van der Waals surface area contributed by atoms with Crippen LogP contribution in [0.4, 0.5) is 4.39 Å². The molecule has 1 aliphatic carbocycles. The van der Waals surface area contributed by atoms with Crippen LogP contribution < -0.4 is 0 Å². The molecule has 0 spiro atoms. The zero-order valence-electron chi connectivity index (χ0n) is 12.0. The van der Waals surface area contributed by atoms with E-state index in [-0.39, 0.29) is 17.0 Å². The van der Waals surface area contributed by atoms with Crippen LogP contribution in [0.15, 0.2) is 29.2 Å². The minimum Gasteiger partial charge on any atom is -0.392 e. The lowest BCUT2D eigenvalue weighted by Gasteiger charge is -2.31. The zero-order valence-corrected chi connectivity index (χ0v) is 13.7. The fourth-order valence-corrected chi connectivity index (χ4v) is 4.99. The molecule has 3 nitrogen and oxygen atoms in total. The van der Waals surface area contributed by atoms with E-state index < -0.39 is 15.9 Å². The smallest absolute Gasteiger partial charge is 0.150 e. The van der Waals surface area contributed by atoms with Crippen LogP contribution >= 0.6 is 11.8 Å². The molecule has 6 heteroatoms. The number of benzene rings is 1. The standard InChI is InChI=1S/C15H21FO3S2/c1-21(18,19)12-6-4-5-11(9-12)14(17)10-20-15-8-3-2-7-13(15)16/h2-3,7-8,11-12,14,17H,4-6,9-10H2,1H3. The predicted octanol–water partition coefficient (Wildman–Crippen LogP) is 2.88. The van der Waals surface area contributed by atoms with Gasteiger partial charge in [0, 0.05) is 16.9 Å². The average Bonchev–Trinajstić information content (AvgIpc) is 2.45. The first-order valence-corrected chi connectivity index (χ1v) is 10.1. The number of rotatable bonds is 5. The highest BCUT2D eigenvalue weighted by Crippen LogP contribution is 2.33. The number of hydrogen-bond donors (Lipinski definition) is 1. The summed E-state index contributed by atoms with van der Waals surface area (Å²) in [6.45, 7) is 0. The Labute approximate surface area is 129 Å². The summed E-state index contributed by atoms with van der Waals surface area (Å²) < 4.78 is 36.8. The fraction of sp³-hybridized carbons (Fsp3) is 0.600. The third-order valence-corrected chi connectivity index (χ3v) is 6.85. The van der Waals surface area contributed by atoms with Gasteiger partial charge in [-0.3, -0.25) is 0 Å². The highest BCUT2D eigenvalue weighted by molar-refractivity contribution is 7.99. The molecule has 0 heterocycles. The molecule has 1 aliphatic rings. The first-order chi connectivity index (χ1) is 9.88. The molecule has 1 fully saturated rings. The minimum atomic E-state index is -3.04. The Morgan fingerprint density at radius 2 is 2.10 bits per heavy atom. The van der Waals surface area contributed by atoms with Gasteiger partial charge >= 0.3 is 0 Å². The highest BCUT2D eigenvalue weighted by Gasteiger charge is 2.32. The minimum absolute atomic E-state index is 0.0160. The lowest BCUT2D eigenvalue weighted by atomic mass is 9.85. The fourth-order valence-electron chi connectivity index (χ4n) is 2.79. The van der Waals surface area contributed by atoms with Gasteiger partial charge in [0.05, 0.1) is 11.4 Å². The van der Waals surface area contributed by atoms with Crippen LogP contribution in [0.1, 0.15) is 25.7 Å². The van der Waals surface area contributed by atoms with Gasteiger partial charge in [0.25, 0.3) is 0 Å².